The van der Waals surface area contributed by atoms with Crippen molar-refractivity contribution in [1.29, 1.82) is 0 Å². The number of allylic oxidation sites excluding steroid dienone is 2. The number of carbonyl (C=O) groups is 3. The zero-order valence-electron chi connectivity index (χ0n) is 16.8. The SMILES string of the molecule is COc1ccc(C2CCCN2C(=O)CN2C(=O)C3CC=CCC3C2=O)c(OC)c1. The van der Waals surface area contributed by atoms with E-state index in [4.69, 9.17) is 9.47 Å². The van der Waals surface area contributed by atoms with Gasteiger partial charge in [0.15, 0.2) is 0 Å². The molecule has 2 fully saturated rings. The third-order valence-corrected chi connectivity index (χ3v) is 6.27. The van der Waals surface area contributed by atoms with Crippen molar-refractivity contribution in [2.75, 3.05) is 27.3 Å². The van der Waals surface area contributed by atoms with Gasteiger partial charge in [0.25, 0.3) is 0 Å². The van der Waals surface area contributed by atoms with E-state index in [0.717, 1.165) is 18.4 Å². The lowest BCUT2D eigenvalue weighted by Gasteiger charge is -2.28. The van der Waals surface area contributed by atoms with E-state index < -0.39 is 0 Å². The first-order valence-corrected chi connectivity index (χ1v) is 10.1. The minimum Gasteiger partial charge on any atom is -0.497 e. The minimum atomic E-state index is -0.309. The molecular weight excluding hydrogens is 372 g/mol. The molecular formula is C22H26N2O5. The number of rotatable bonds is 5. The molecule has 154 valence electrons. The number of carbonyl (C=O) groups excluding carboxylic acids is 3. The molecule has 0 saturated carbocycles. The first-order chi connectivity index (χ1) is 14.0. The van der Waals surface area contributed by atoms with Gasteiger partial charge in [0.1, 0.15) is 18.0 Å². The predicted octanol–water partition coefficient (Wildman–Crippen LogP) is 2.32. The monoisotopic (exact) mass is 398 g/mol. The summed E-state index contributed by atoms with van der Waals surface area (Å²) in [6.45, 7) is 0.420. The maximum Gasteiger partial charge on any atom is 0.243 e. The number of benzene rings is 1. The van der Waals surface area contributed by atoms with E-state index in [-0.39, 0.29) is 42.1 Å². The molecule has 3 aliphatic rings. The van der Waals surface area contributed by atoms with E-state index in [1.165, 1.54) is 4.90 Å². The smallest absolute Gasteiger partial charge is 0.243 e. The van der Waals surface area contributed by atoms with E-state index in [2.05, 4.69) is 0 Å². The predicted molar refractivity (Wildman–Crippen MR) is 105 cm³/mol. The van der Waals surface area contributed by atoms with Crippen LogP contribution in [0.1, 0.15) is 37.3 Å². The summed E-state index contributed by atoms with van der Waals surface area (Å²) < 4.78 is 10.8. The van der Waals surface area contributed by atoms with E-state index >= 15 is 0 Å². The van der Waals surface area contributed by atoms with Gasteiger partial charge in [0.2, 0.25) is 17.7 Å². The van der Waals surface area contributed by atoms with E-state index in [9.17, 15) is 14.4 Å². The molecule has 3 atom stereocenters. The second kappa shape index (κ2) is 7.89. The van der Waals surface area contributed by atoms with Gasteiger partial charge in [-0.25, -0.2) is 0 Å². The largest absolute Gasteiger partial charge is 0.497 e. The highest BCUT2D eigenvalue weighted by Gasteiger charge is 2.48. The molecule has 7 heteroatoms. The molecule has 0 radical (unpaired) electrons. The van der Waals surface area contributed by atoms with Crippen molar-refractivity contribution in [3.8, 4) is 11.5 Å². The fourth-order valence-electron chi connectivity index (χ4n) is 4.73. The van der Waals surface area contributed by atoms with Crippen molar-refractivity contribution >= 4 is 17.7 Å². The Kier molecular flexibility index (Phi) is 5.30. The van der Waals surface area contributed by atoms with Crippen LogP contribution >= 0.6 is 0 Å². The molecule has 29 heavy (non-hydrogen) atoms. The van der Waals surface area contributed by atoms with Crippen LogP contribution < -0.4 is 9.47 Å². The van der Waals surface area contributed by atoms with Crippen molar-refractivity contribution < 1.29 is 23.9 Å². The summed E-state index contributed by atoms with van der Waals surface area (Å²) in [6, 6.07) is 5.44. The summed E-state index contributed by atoms with van der Waals surface area (Å²) in [5.74, 6) is 0.114. The second-order valence-electron chi connectivity index (χ2n) is 7.77. The Labute approximate surface area is 170 Å². The Bertz CT molecular complexity index is 839. The fraction of sp³-hybridized carbons (Fsp3) is 0.500. The van der Waals surface area contributed by atoms with Crippen LogP contribution in [-0.4, -0.2) is 54.8 Å². The molecule has 2 saturated heterocycles. The second-order valence-corrected chi connectivity index (χ2v) is 7.77. The van der Waals surface area contributed by atoms with Crippen LogP contribution in [0.5, 0.6) is 11.5 Å². The summed E-state index contributed by atoms with van der Waals surface area (Å²) in [5.41, 5.74) is 0.913. The van der Waals surface area contributed by atoms with Gasteiger partial charge >= 0.3 is 0 Å². The topological polar surface area (TPSA) is 76.2 Å². The van der Waals surface area contributed by atoms with Crippen LogP contribution in [0.4, 0.5) is 0 Å². The molecule has 0 spiro atoms. The number of ether oxygens (including phenoxy) is 2. The Morgan fingerprint density at radius 3 is 2.38 bits per heavy atom. The number of hydrogen-bond acceptors (Lipinski definition) is 5. The molecule has 0 aromatic heterocycles. The third-order valence-electron chi connectivity index (χ3n) is 6.27. The quantitative estimate of drug-likeness (QED) is 0.562. The maximum absolute atomic E-state index is 13.1. The number of likely N-dealkylation sites (tertiary alicyclic amines) is 2. The van der Waals surface area contributed by atoms with E-state index in [1.807, 2.05) is 30.4 Å². The van der Waals surface area contributed by atoms with Crippen LogP contribution in [0.25, 0.3) is 0 Å². The fourth-order valence-corrected chi connectivity index (χ4v) is 4.73. The van der Waals surface area contributed by atoms with Gasteiger partial charge in [-0.05, 0) is 37.8 Å². The zero-order valence-corrected chi connectivity index (χ0v) is 16.8. The van der Waals surface area contributed by atoms with Gasteiger partial charge in [-0.2, -0.15) is 0 Å². The van der Waals surface area contributed by atoms with Crippen LogP contribution in [-0.2, 0) is 14.4 Å². The van der Waals surface area contributed by atoms with Crippen molar-refractivity contribution in [2.45, 2.75) is 31.7 Å². The average Bonchev–Trinajstić information content (AvgIpc) is 3.33. The van der Waals surface area contributed by atoms with E-state index in [1.54, 1.807) is 19.1 Å². The van der Waals surface area contributed by atoms with Crippen molar-refractivity contribution in [1.82, 2.24) is 9.80 Å². The van der Waals surface area contributed by atoms with Gasteiger partial charge in [-0.1, -0.05) is 12.2 Å². The first-order valence-electron chi connectivity index (χ1n) is 10.1. The molecule has 1 aromatic rings. The number of imide groups is 1. The van der Waals surface area contributed by atoms with E-state index in [0.29, 0.717) is 30.9 Å². The third kappa shape index (κ3) is 3.39. The lowest BCUT2D eigenvalue weighted by Crippen LogP contribution is -2.43. The summed E-state index contributed by atoms with van der Waals surface area (Å²) in [5, 5.41) is 0. The van der Waals surface area contributed by atoms with Gasteiger partial charge in [-0.3, -0.25) is 19.3 Å². The number of methoxy groups -OCH3 is 2. The number of amides is 3. The molecule has 2 aliphatic heterocycles. The molecule has 4 rings (SSSR count). The highest BCUT2D eigenvalue weighted by molar-refractivity contribution is 6.07. The highest BCUT2D eigenvalue weighted by Crippen LogP contribution is 2.39. The normalized spacial score (nSPS) is 26.1. The summed E-state index contributed by atoms with van der Waals surface area (Å²) in [6.07, 6.45) is 6.73. The van der Waals surface area contributed by atoms with Crippen molar-refractivity contribution in [2.24, 2.45) is 11.8 Å². The lowest BCUT2D eigenvalue weighted by atomic mass is 9.85. The Morgan fingerprint density at radius 1 is 1.07 bits per heavy atom. The number of fused-ring (bicyclic) bond motifs is 1. The molecule has 0 bridgehead atoms. The average molecular weight is 398 g/mol. The highest BCUT2D eigenvalue weighted by atomic mass is 16.5. The van der Waals surface area contributed by atoms with Gasteiger partial charge < -0.3 is 14.4 Å². The van der Waals surface area contributed by atoms with Crippen LogP contribution in [0.3, 0.4) is 0 Å². The molecule has 1 aliphatic carbocycles. The summed E-state index contributed by atoms with van der Waals surface area (Å²) in [4.78, 5) is 41.4. The molecule has 0 N–H and O–H groups in total. The lowest BCUT2D eigenvalue weighted by molar-refractivity contribution is -0.147. The molecule has 3 unspecified atom stereocenters. The Hall–Kier alpha value is -2.83. The molecule has 7 nitrogen and oxygen atoms in total. The maximum atomic E-state index is 13.1. The Balaban J connectivity index is 1.52. The molecule has 2 heterocycles. The van der Waals surface area contributed by atoms with Gasteiger partial charge in [0, 0.05) is 18.2 Å². The Morgan fingerprint density at radius 2 is 1.76 bits per heavy atom. The molecule has 3 amide bonds. The number of nitrogens with zero attached hydrogens (tertiary/aromatic N) is 2. The van der Waals surface area contributed by atoms with Crippen LogP contribution in [0, 0.1) is 11.8 Å². The van der Waals surface area contributed by atoms with Crippen molar-refractivity contribution in [3.05, 3.63) is 35.9 Å². The van der Waals surface area contributed by atoms with Gasteiger partial charge in [-0.15, -0.1) is 0 Å². The summed E-state index contributed by atoms with van der Waals surface area (Å²) in [7, 11) is 3.19. The minimum absolute atomic E-state index is 0.139. The van der Waals surface area contributed by atoms with Crippen molar-refractivity contribution in [3.63, 3.8) is 0 Å². The van der Waals surface area contributed by atoms with Crippen LogP contribution in [0.15, 0.2) is 30.4 Å². The number of hydrogen-bond donors (Lipinski definition) is 0. The summed E-state index contributed by atoms with van der Waals surface area (Å²) >= 11 is 0. The first kappa shape index (κ1) is 19.5. The standard InChI is InChI=1S/C22H26N2O5/c1-28-14-9-10-17(19(12-14)29-2)18-8-5-11-23(18)20(25)13-24-21(26)15-6-3-4-7-16(15)22(24)27/h3-4,9-10,12,15-16,18H,5-8,11,13H2,1-2H3. The molecule has 1 aromatic carbocycles. The zero-order chi connectivity index (χ0) is 20.5. The van der Waals surface area contributed by atoms with Crippen LogP contribution in [0.2, 0.25) is 0 Å². The van der Waals surface area contributed by atoms with Gasteiger partial charge in [0.05, 0.1) is 32.1 Å².